The van der Waals surface area contributed by atoms with Crippen LogP contribution < -0.4 is 10.0 Å². The van der Waals surface area contributed by atoms with E-state index in [0.29, 0.717) is 23.8 Å². The second-order valence-electron chi connectivity index (χ2n) is 4.53. The van der Waals surface area contributed by atoms with E-state index in [0.717, 1.165) is 6.42 Å². The first-order valence-corrected chi connectivity index (χ1v) is 8.12. The summed E-state index contributed by atoms with van der Waals surface area (Å²) in [6.07, 6.45) is 2.43. The largest absolute Gasteiger partial charge is 0.369 e. The highest BCUT2D eigenvalue weighted by Gasteiger charge is 2.19. The highest BCUT2D eigenvalue weighted by molar-refractivity contribution is 7.89. The van der Waals surface area contributed by atoms with Gasteiger partial charge in [-0.05, 0) is 25.5 Å². The highest BCUT2D eigenvalue weighted by Crippen LogP contribution is 2.18. The maximum atomic E-state index is 12.3. The standard InChI is InChI=1S/C13H18N4O3S/c1-3-6-14-13-12(5-4-7-15-13)21(18,19)16-9-11-8-10(2)20-17-11/h4-5,7-8,16H,3,6,9H2,1-2H3,(H,14,15). The fourth-order valence-electron chi connectivity index (χ4n) is 1.73. The number of hydrogen-bond acceptors (Lipinski definition) is 6. The van der Waals surface area contributed by atoms with Crippen LogP contribution in [0.15, 0.2) is 33.8 Å². The normalized spacial score (nSPS) is 11.5. The van der Waals surface area contributed by atoms with Crippen molar-refractivity contribution < 1.29 is 12.9 Å². The Morgan fingerprint density at radius 1 is 1.38 bits per heavy atom. The fourth-order valence-corrected chi connectivity index (χ4v) is 2.86. The van der Waals surface area contributed by atoms with Crippen LogP contribution in [0, 0.1) is 6.92 Å². The monoisotopic (exact) mass is 310 g/mol. The van der Waals surface area contributed by atoms with Crippen molar-refractivity contribution in [2.75, 3.05) is 11.9 Å². The van der Waals surface area contributed by atoms with E-state index >= 15 is 0 Å². The van der Waals surface area contributed by atoms with Crippen LogP contribution in [0.4, 0.5) is 5.82 Å². The van der Waals surface area contributed by atoms with E-state index in [1.165, 1.54) is 6.07 Å². The fraction of sp³-hybridized carbons (Fsp3) is 0.385. The van der Waals surface area contributed by atoms with Gasteiger partial charge in [0.2, 0.25) is 10.0 Å². The third-order valence-corrected chi connectivity index (χ3v) is 4.16. The molecule has 0 atom stereocenters. The number of nitrogens with zero attached hydrogens (tertiary/aromatic N) is 2. The summed E-state index contributed by atoms with van der Waals surface area (Å²) < 4.78 is 32.1. The predicted molar refractivity (Wildman–Crippen MR) is 78.3 cm³/mol. The minimum Gasteiger partial charge on any atom is -0.369 e. The van der Waals surface area contributed by atoms with Gasteiger partial charge in [0.15, 0.2) is 0 Å². The van der Waals surface area contributed by atoms with E-state index in [1.54, 1.807) is 25.3 Å². The van der Waals surface area contributed by atoms with Crippen LogP contribution >= 0.6 is 0 Å². The van der Waals surface area contributed by atoms with Gasteiger partial charge in [0.05, 0.1) is 12.2 Å². The second-order valence-corrected chi connectivity index (χ2v) is 6.27. The second kappa shape index (κ2) is 6.68. The lowest BCUT2D eigenvalue weighted by atomic mass is 10.4. The lowest BCUT2D eigenvalue weighted by Crippen LogP contribution is -2.24. The Bertz CT molecular complexity index is 697. The van der Waals surface area contributed by atoms with Crippen LogP contribution in [0.2, 0.25) is 0 Å². The number of aryl methyl sites for hydroxylation is 1. The Morgan fingerprint density at radius 3 is 2.86 bits per heavy atom. The van der Waals surface area contributed by atoms with Gasteiger partial charge in [0.1, 0.15) is 16.5 Å². The molecule has 2 aromatic heterocycles. The molecule has 0 unspecified atom stereocenters. The van der Waals surface area contributed by atoms with Gasteiger partial charge in [0, 0.05) is 18.8 Å². The molecule has 2 aromatic rings. The van der Waals surface area contributed by atoms with Crippen molar-refractivity contribution in [3.05, 3.63) is 35.9 Å². The van der Waals surface area contributed by atoms with Crippen molar-refractivity contribution >= 4 is 15.8 Å². The Morgan fingerprint density at radius 2 is 2.19 bits per heavy atom. The number of aromatic nitrogens is 2. The first-order valence-electron chi connectivity index (χ1n) is 6.63. The smallest absolute Gasteiger partial charge is 0.244 e. The lowest BCUT2D eigenvalue weighted by molar-refractivity contribution is 0.390. The van der Waals surface area contributed by atoms with Gasteiger partial charge < -0.3 is 9.84 Å². The summed E-state index contributed by atoms with van der Waals surface area (Å²) in [5.41, 5.74) is 0.531. The van der Waals surface area contributed by atoms with E-state index in [9.17, 15) is 8.42 Å². The van der Waals surface area contributed by atoms with Crippen molar-refractivity contribution in [3.63, 3.8) is 0 Å². The summed E-state index contributed by atoms with van der Waals surface area (Å²) in [6.45, 7) is 4.47. The molecule has 114 valence electrons. The van der Waals surface area contributed by atoms with Gasteiger partial charge in [-0.25, -0.2) is 18.1 Å². The van der Waals surface area contributed by atoms with E-state index in [2.05, 4.69) is 20.2 Å². The maximum Gasteiger partial charge on any atom is 0.244 e. The average molecular weight is 310 g/mol. The van der Waals surface area contributed by atoms with Gasteiger partial charge in [-0.2, -0.15) is 0 Å². The van der Waals surface area contributed by atoms with Crippen molar-refractivity contribution in [2.45, 2.75) is 31.7 Å². The number of nitrogens with one attached hydrogen (secondary N) is 2. The number of sulfonamides is 1. The van der Waals surface area contributed by atoms with E-state index in [1.807, 2.05) is 6.92 Å². The van der Waals surface area contributed by atoms with Gasteiger partial charge in [-0.15, -0.1) is 0 Å². The van der Waals surface area contributed by atoms with Crippen molar-refractivity contribution in [2.24, 2.45) is 0 Å². The van der Waals surface area contributed by atoms with E-state index < -0.39 is 10.0 Å². The number of pyridine rings is 1. The van der Waals surface area contributed by atoms with Gasteiger partial charge in [-0.3, -0.25) is 0 Å². The molecular weight excluding hydrogens is 292 g/mol. The van der Waals surface area contributed by atoms with Crippen molar-refractivity contribution in [1.29, 1.82) is 0 Å². The van der Waals surface area contributed by atoms with Gasteiger partial charge in [-0.1, -0.05) is 12.1 Å². The lowest BCUT2D eigenvalue weighted by Gasteiger charge is -2.11. The Balaban J connectivity index is 2.15. The molecule has 0 aliphatic heterocycles. The SMILES string of the molecule is CCCNc1ncccc1S(=O)(=O)NCc1cc(C)on1. The van der Waals surface area contributed by atoms with Crippen LogP contribution in [0.3, 0.4) is 0 Å². The van der Waals surface area contributed by atoms with Crippen LogP contribution in [0.5, 0.6) is 0 Å². The molecule has 0 spiro atoms. The molecule has 0 fully saturated rings. The highest BCUT2D eigenvalue weighted by atomic mass is 32.2. The molecule has 2 rings (SSSR count). The van der Waals surface area contributed by atoms with Crippen LogP contribution in [-0.2, 0) is 16.6 Å². The summed E-state index contributed by atoms with van der Waals surface area (Å²) in [5, 5.41) is 6.76. The molecule has 0 aliphatic carbocycles. The van der Waals surface area contributed by atoms with Crippen LogP contribution in [0.25, 0.3) is 0 Å². The number of anilines is 1. The molecule has 7 nitrogen and oxygen atoms in total. The maximum absolute atomic E-state index is 12.3. The first-order chi connectivity index (χ1) is 10.0. The van der Waals surface area contributed by atoms with Crippen LogP contribution in [0.1, 0.15) is 24.8 Å². The van der Waals surface area contributed by atoms with Gasteiger partial charge >= 0.3 is 0 Å². The molecule has 0 saturated carbocycles. The molecule has 0 aromatic carbocycles. The molecule has 0 bridgehead atoms. The van der Waals surface area contributed by atoms with E-state index in [-0.39, 0.29) is 11.4 Å². The summed E-state index contributed by atoms with van der Waals surface area (Å²) in [7, 11) is -3.67. The molecule has 0 amide bonds. The Labute approximate surface area is 123 Å². The molecule has 0 aliphatic rings. The third-order valence-electron chi connectivity index (χ3n) is 2.72. The van der Waals surface area contributed by atoms with Gasteiger partial charge in [0.25, 0.3) is 0 Å². The zero-order valence-electron chi connectivity index (χ0n) is 12.0. The Hall–Kier alpha value is -1.93. The third kappa shape index (κ3) is 4.02. The minimum atomic E-state index is -3.67. The summed E-state index contributed by atoms with van der Waals surface area (Å²) in [6, 6.07) is 4.79. The summed E-state index contributed by atoms with van der Waals surface area (Å²) in [5.74, 6) is 0.985. The van der Waals surface area contributed by atoms with E-state index in [4.69, 9.17) is 4.52 Å². The van der Waals surface area contributed by atoms with Crippen LogP contribution in [-0.4, -0.2) is 25.1 Å². The minimum absolute atomic E-state index is 0.0712. The summed E-state index contributed by atoms with van der Waals surface area (Å²) in [4.78, 5) is 4.20. The topological polar surface area (TPSA) is 97.1 Å². The average Bonchev–Trinajstić information content (AvgIpc) is 2.89. The molecule has 0 saturated heterocycles. The quantitative estimate of drug-likeness (QED) is 0.807. The number of hydrogen-bond donors (Lipinski definition) is 2. The van der Waals surface area contributed by atoms with Crippen molar-refractivity contribution in [3.8, 4) is 0 Å². The first kappa shape index (κ1) is 15.5. The summed E-state index contributed by atoms with van der Waals surface area (Å²) >= 11 is 0. The van der Waals surface area contributed by atoms with Crippen molar-refractivity contribution in [1.82, 2.24) is 14.9 Å². The zero-order valence-corrected chi connectivity index (χ0v) is 12.8. The predicted octanol–water partition coefficient (Wildman–Crippen LogP) is 1.68. The molecule has 0 radical (unpaired) electrons. The molecule has 8 heteroatoms. The molecule has 2 heterocycles. The molecule has 21 heavy (non-hydrogen) atoms. The zero-order chi connectivity index (χ0) is 15.3. The molecular formula is C13H18N4O3S. The molecule has 2 N–H and O–H groups in total. The Kier molecular flexibility index (Phi) is 4.92. The number of rotatable bonds is 7.